The quantitative estimate of drug-likeness (QED) is 0.723. The van der Waals surface area contributed by atoms with E-state index in [1.54, 1.807) is 7.11 Å². The number of thioether (sulfide) groups is 1. The fourth-order valence-corrected chi connectivity index (χ4v) is 4.20. The van der Waals surface area contributed by atoms with E-state index in [-0.39, 0.29) is 17.9 Å². The number of methoxy groups -OCH3 is 1. The van der Waals surface area contributed by atoms with Crippen LogP contribution in [-0.4, -0.2) is 74.4 Å². The maximum absolute atomic E-state index is 13.0. The lowest BCUT2D eigenvalue weighted by Crippen LogP contribution is -2.50. The van der Waals surface area contributed by atoms with Crippen molar-refractivity contribution in [3.8, 4) is 0 Å². The van der Waals surface area contributed by atoms with Crippen LogP contribution in [0, 0.1) is 5.92 Å². The molecule has 3 atom stereocenters. The van der Waals surface area contributed by atoms with E-state index in [2.05, 4.69) is 12.2 Å². The molecule has 122 valence electrons. The van der Waals surface area contributed by atoms with Crippen molar-refractivity contribution in [2.45, 2.75) is 31.8 Å². The van der Waals surface area contributed by atoms with E-state index in [4.69, 9.17) is 9.47 Å². The molecule has 2 rings (SSSR count). The fraction of sp³-hybridized carbons (Fsp3) is 0.933. The number of carbonyl (C=O) groups excluding carboxylic acids is 1. The van der Waals surface area contributed by atoms with Crippen molar-refractivity contribution >= 4 is 17.7 Å². The van der Waals surface area contributed by atoms with E-state index in [1.807, 2.05) is 16.7 Å². The Hall–Kier alpha value is -0.300. The number of nitrogens with one attached hydrogen (secondary N) is 1. The second-order valence-electron chi connectivity index (χ2n) is 5.75. The number of ether oxygens (including phenoxy) is 2. The number of hydrogen-bond donors (Lipinski definition) is 1. The molecule has 0 radical (unpaired) electrons. The molecule has 21 heavy (non-hydrogen) atoms. The highest BCUT2D eigenvalue weighted by atomic mass is 32.2. The van der Waals surface area contributed by atoms with Crippen molar-refractivity contribution in [3.63, 3.8) is 0 Å². The predicted molar refractivity (Wildman–Crippen MR) is 85.7 cm³/mol. The summed E-state index contributed by atoms with van der Waals surface area (Å²) in [5.74, 6) is 2.40. The molecule has 0 aromatic carbocycles. The molecule has 1 amide bonds. The minimum absolute atomic E-state index is 0.0426. The SMILES string of the molecule is CCCNC1COCC1C(=O)N(CCOC)C1CCSC1. The molecule has 2 saturated heterocycles. The topological polar surface area (TPSA) is 50.8 Å². The molecule has 0 aliphatic carbocycles. The zero-order valence-corrected chi connectivity index (χ0v) is 14.0. The second kappa shape index (κ2) is 8.98. The molecule has 2 aliphatic heterocycles. The molecule has 3 unspecified atom stereocenters. The molecule has 0 aromatic heterocycles. The van der Waals surface area contributed by atoms with Gasteiger partial charge in [-0.25, -0.2) is 0 Å². The first-order chi connectivity index (χ1) is 10.3. The molecule has 5 nitrogen and oxygen atoms in total. The van der Waals surface area contributed by atoms with Crippen LogP contribution in [0.2, 0.25) is 0 Å². The van der Waals surface area contributed by atoms with E-state index in [9.17, 15) is 4.79 Å². The summed E-state index contributed by atoms with van der Waals surface area (Å²) in [6, 6.07) is 0.529. The second-order valence-corrected chi connectivity index (χ2v) is 6.90. The molecule has 2 heterocycles. The van der Waals surface area contributed by atoms with Crippen molar-refractivity contribution in [1.29, 1.82) is 0 Å². The predicted octanol–water partition coefficient (Wildman–Crippen LogP) is 0.982. The average Bonchev–Trinajstić information content (AvgIpc) is 3.16. The Labute approximate surface area is 132 Å². The third kappa shape index (κ3) is 4.58. The summed E-state index contributed by atoms with van der Waals surface area (Å²) >= 11 is 1.94. The monoisotopic (exact) mass is 316 g/mol. The molecule has 0 aromatic rings. The summed E-state index contributed by atoms with van der Waals surface area (Å²) in [5, 5.41) is 3.45. The molecule has 0 bridgehead atoms. The van der Waals surface area contributed by atoms with E-state index >= 15 is 0 Å². The number of rotatable bonds is 8. The Morgan fingerprint density at radius 1 is 1.48 bits per heavy atom. The average molecular weight is 316 g/mol. The molecule has 1 N–H and O–H groups in total. The van der Waals surface area contributed by atoms with Gasteiger partial charge in [0.15, 0.2) is 0 Å². The van der Waals surface area contributed by atoms with Gasteiger partial charge < -0.3 is 19.7 Å². The highest BCUT2D eigenvalue weighted by Gasteiger charge is 2.38. The Morgan fingerprint density at radius 2 is 2.33 bits per heavy atom. The summed E-state index contributed by atoms with van der Waals surface area (Å²) in [4.78, 5) is 15.0. The van der Waals surface area contributed by atoms with Crippen LogP contribution in [0.1, 0.15) is 19.8 Å². The first-order valence-electron chi connectivity index (χ1n) is 7.96. The van der Waals surface area contributed by atoms with Gasteiger partial charge in [-0.1, -0.05) is 6.92 Å². The van der Waals surface area contributed by atoms with Crippen LogP contribution in [0.5, 0.6) is 0 Å². The summed E-state index contributed by atoms with van der Waals surface area (Å²) in [5.41, 5.74) is 0. The lowest BCUT2D eigenvalue weighted by molar-refractivity contribution is -0.138. The summed E-state index contributed by atoms with van der Waals surface area (Å²) in [7, 11) is 1.69. The van der Waals surface area contributed by atoms with Gasteiger partial charge in [-0.3, -0.25) is 4.79 Å². The van der Waals surface area contributed by atoms with Crippen LogP contribution in [0.15, 0.2) is 0 Å². The Bertz CT molecular complexity index is 324. The van der Waals surface area contributed by atoms with Crippen molar-refractivity contribution < 1.29 is 14.3 Å². The normalized spacial score (nSPS) is 29.0. The number of carbonyl (C=O) groups is 1. The number of amides is 1. The first kappa shape index (κ1) is 17.1. The van der Waals surface area contributed by atoms with Gasteiger partial charge in [0.25, 0.3) is 0 Å². The van der Waals surface area contributed by atoms with Crippen LogP contribution in [0.25, 0.3) is 0 Å². The molecule has 6 heteroatoms. The zero-order valence-electron chi connectivity index (χ0n) is 13.2. The lowest BCUT2D eigenvalue weighted by atomic mass is 10.0. The van der Waals surface area contributed by atoms with Gasteiger partial charge in [0, 0.05) is 31.5 Å². The molecule has 2 fully saturated rings. The highest BCUT2D eigenvalue weighted by Crippen LogP contribution is 2.25. The Balaban J connectivity index is 1.98. The van der Waals surface area contributed by atoms with E-state index in [1.165, 1.54) is 0 Å². The van der Waals surface area contributed by atoms with Gasteiger partial charge in [0.05, 0.1) is 25.7 Å². The van der Waals surface area contributed by atoms with Crippen molar-refractivity contribution in [2.24, 2.45) is 5.92 Å². The van der Waals surface area contributed by atoms with E-state index in [0.717, 1.165) is 30.9 Å². The number of hydrogen-bond acceptors (Lipinski definition) is 5. The molecule has 0 spiro atoms. The maximum atomic E-state index is 13.0. The van der Waals surface area contributed by atoms with Gasteiger partial charge in [-0.05, 0) is 25.1 Å². The zero-order chi connectivity index (χ0) is 15.1. The van der Waals surface area contributed by atoms with Gasteiger partial charge in [0.1, 0.15) is 0 Å². The standard InChI is InChI=1S/C15H28N2O3S/c1-3-5-16-14-10-20-9-13(14)15(18)17(6-7-19-2)12-4-8-21-11-12/h12-14,16H,3-11H2,1-2H3. The third-order valence-corrected chi connectivity index (χ3v) is 5.36. The van der Waals surface area contributed by atoms with Crippen molar-refractivity contribution in [2.75, 3.05) is 51.5 Å². The molecular formula is C15H28N2O3S. The molecule has 0 saturated carbocycles. The fourth-order valence-electron chi connectivity index (χ4n) is 2.97. The summed E-state index contributed by atoms with van der Waals surface area (Å²) in [6.07, 6.45) is 2.17. The maximum Gasteiger partial charge on any atom is 0.230 e. The minimum Gasteiger partial charge on any atom is -0.383 e. The smallest absolute Gasteiger partial charge is 0.230 e. The van der Waals surface area contributed by atoms with Crippen LogP contribution < -0.4 is 5.32 Å². The third-order valence-electron chi connectivity index (χ3n) is 4.22. The van der Waals surface area contributed by atoms with Crippen LogP contribution >= 0.6 is 11.8 Å². The Kier molecular flexibility index (Phi) is 7.29. The summed E-state index contributed by atoms with van der Waals surface area (Å²) in [6.45, 7) is 5.57. The van der Waals surface area contributed by atoms with Gasteiger partial charge in [0.2, 0.25) is 5.91 Å². The van der Waals surface area contributed by atoms with Crippen molar-refractivity contribution in [1.82, 2.24) is 10.2 Å². The summed E-state index contributed by atoms with van der Waals surface area (Å²) < 4.78 is 10.7. The van der Waals surface area contributed by atoms with Gasteiger partial charge in [-0.15, -0.1) is 0 Å². The van der Waals surface area contributed by atoms with Gasteiger partial charge >= 0.3 is 0 Å². The van der Waals surface area contributed by atoms with Gasteiger partial charge in [-0.2, -0.15) is 11.8 Å². The molecule has 2 aliphatic rings. The van der Waals surface area contributed by atoms with E-state index < -0.39 is 0 Å². The first-order valence-corrected chi connectivity index (χ1v) is 9.11. The Morgan fingerprint density at radius 3 is 3.00 bits per heavy atom. The molecular weight excluding hydrogens is 288 g/mol. The van der Waals surface area contributed by atoms with Crippen LogP contribution in [0.3, 0.4) is 0 Å². The highest BCUT2D eigenvalue weighted by molar-refractivity contribution is 7.99. The van der Waals surface area contributed by atoms with E-state index in [0.29, 0.717) is 32.4 Å². The number of nitrogens with zero attached hydrogens (tertiary/aromatic N) is 1. The lowest BCUT2D eigenvalue weighted by Gasteiger charge is -2.32. The van der Waals surface area contributed by atoms with Crippen molar-refractivity contribution in [3.05, 3.63) is 0 Å². The largest absolute Gasteiger partial charge is 0.383 e. The van der Waals surface area contributed by atoms with Crippen LogP contribution in [0.4, 0.5) is 0 Å². The van der Waals surface area contributed by atoms with Crippen LogP contribution in [-0.2, 0) is 14.3 Å². The minimum atomic E-state index is -0.0426.